The Balaban J connectivity index is 0.000000410. The second-order valence-corrected chi connectivity index (χ2v) is 15.6. The first-order chi connectivity index (χ1) is 36.4. The zero-order chi connectivity index (χ0) is 58.9. The topological polar surface area (TPSA) is 478 Å². The van der Waals surface area contributed by atoms with E-state index in [1.165, 1.54) is 13.8 Å². The molecule has 4 rings (SSSR count). The standard InChI is InChI=1S/2C25H20O14/c2*1-11(19(26)27)2-5-14(39-25(37)13-4-7-16(21(30)31)18(9-13)23(34)35)10-38-24(36)12-3-6-15(20(28)29)17(8-12)22(32)33/h2*2-4,6-9,14H,5,10H2,1H3,(H,26,27)(H,28,29)(H,30,31)(H,32,33)(H,34,35). The van der Waals surface area contributed by atoms with Crippen LogP contribution in [-0.4, -0.2) is 160 Å². The summed E-state index contributed by atoms with van der Waals surface area (Å²) in [6.07, 6.45) is -0.882. The lowest BCUT2D eigenvalue weighted by molar-refractivity contribution is -0.133. The minimum Gasteiger partial charge on any atom is -0.478 e. The molecular formula is C50H40O28. The van der Waals surface area contributed by atoms with Gasteiger partial charge < -0.3 is 70.0 Å². The SMILES string of the molecule is CC(=CCC(COC(=O)c1ccc(C(=O)O)c(C(=O)O)c1)OC(=O)c1ccc(C(=O)O)c(C(=O)O)c1)C(=O)O.CC(=CCC(COC(=O)c1ccc(C(=O)O)c(C(=O)O)c1)OC(=O)c1ccc(C(=O)O)c(C(=O)O)c1)C(=O)O. The fraction of sp³-hybridized carbons (Fsp3) is 0.160. The highest BCUT2D eigenvalue weighted by molar-refractivity contribution is 6.07. The van der Waals surface area contributed by atoms with E-state index >= 15 is 0 Å². The van der Waals surface area contributed by atoms with Gasteiger partial charge in [-0.15, -0.1) is 0 Å². The fourth-order valence-corrected chi connectivity index (χ4v) is 6.17. The van der Waals surface area contributed by atoms with E-state index in [9.17, 15) is 87.5 Å². The van der Waals surface area contributed by atoms with Gasteiger partial charge in [-0.2, -0.15) is 0 Å². The Bertz CT molecular complexity index is 3020. The molecule has 0 amide bonds. The maximum absolute atomic E-state index is 12.7. The van der Waals surface area contributed by atoms with Gasteiger partial charge in [-0.3, -0.25) is 0 Å². The molecule has 0 saturated carbocycles. The largest absolute Gasteiger partial charge is 0.478 e. The number of carboxylic acids is 10. The summed E-state index contributed by atoms with van der Waals surface area (Å²) in [6.45, 7) is 1.15. The molecule has 0 heterocycles. The smallest absolute Gasteiger partial charge is 0.338 e. The second kappa shape index (κ2) is 27.3. The molecule has 0 aliphatic carbocycles. The molecule has 0 aliphatic rings. The normalized spacial score (nSPS) is 11.7. The summed E-state index contributed by atoms with van der Waals surface area (Å²) < 4.78 is 20.6. The molecule has 0 radical (unpaired) electrons. The Kier molecular flexibility index (Phi) is 21.4. The van der Waals surface area contributed by atoms with Gasteiger partial charge in [0.15, 0.2) is 0 Å². The quantitative estimate of drug-likeness (QED) is 0.0261. The number of ether oxygens (including phenoxy) is 4. The third-order valence-corrected chi connectivity index (χ3v) is 10.3. The molecule has 2 unspecified atom stereocenters. The van der Waals surface area contributed by atoms with Crippen molar-refractivity contribution in [2.45, 2.75) is 38.9 Å². The van der Waals surface area contributed by atoms with Crippen molar-refractivity contribution in [2.75, 3.05) is 13.2 Å². The molecule has 0 saturated heterocycles. The van der Waals surface area contributed by atoms with Crippen LogP contribution in [0.3, 0.4) is 0 Å². The molecule has 28 nitrogen and oxygen atoms in total. The molecule has 10 N–H and O–H groups in total. The van der Waals surface area contributed by atoms with Crippen LogP contribution < -0.4 is 0 Å². The highest BCUT2D eigenvalue weighted by Crippen LogP contribution is 2.20. The lowest BCUT2D eigenvalue weighted by Crippen LogP contribution is -2.26. The van der Waals surface area contributed by atoms with Gasteiger partial charge in [-0.05, 0) is 86.6 Å². The van der Waals surface area contributed by atoms with Crippen molar-refractivity contribution >= 4 is 83.6 Å². The van der Waals surface area contributed by atoms with Gasteiger partial charge in [-0.25, -0.2) is 67.1 Å². The van der Waals surface area contributed by atoms with Crippen LogP contribution in [0.1, 0.15) is 151 Å². The number of carbonyl (C=O) groups is 14. The molecule has 4 aromatic carbocycles. The summed E-state index contributed by atoms with van der Waals surface area (Å²) in [6, 6.07) is 10.6. The average molecular weight is 1090 g/mol. The summed E-state index contributed by atoms with van der Waals surface area (Å²) >= 11 is 0. The molecule has 0 bridgehead atoms. The number of hydrogen-bond acceptors (Lipinski definition) is 18. The van der Waals surface area contributed by atoms with Crippen LogP contribution >= 0.6 is 0 Å². The van der Waals surface area contributed by atoms with Crippen molar-refractivity contribution in [3.05, 3.63) is 163 Å². The number of aromatic carboxylic acids is 8. The number of carbonyl (C=O) groups excluding carboxylic acids is 4. The van der Waals surface area contributed by atoms with Crippen LogP contribution in [0.15, 0.2) is 96.1 Å². The number of aliphatic carboxylic acids is 2. The van der Waals surface area contributed by atoms with Gasteiger partial charge in [0.05, 0.1) is 66.8 Å². The van der Waals surface area contributed by atoms with E-state index in [-0.39, 0.29) is 46.2 Å². The van der Waals surface area contributed by atoms with Crippen LogP contribution in [0.4, 0.5) is 0 Å². The molecule has 28 heteroatoms. The Morgan fingerprint density at radius 3 is 0.769 bits per heavy atom. The van der Waals surface area contributed by atoms with Gasteiger partial charge in [0.25, 0.3) is 0 Å². The number of rotatable bonds is 24. The molecule has 0 spiro atoms. The van der Waals surface area contributed by atoms with Crippen molar-refractivity contribution in [1.82, 2.24) is 0 Å². The third kappa shape index (κ3) is 17.0. The van der Waals surface area contributed by atoms with Crippen LogP contribution in [0, 0.1) is 0 Å². The van der Waals surface area contributed by atoms with Crippen LogP contribution in [0.25, 0.3) is 0 Å². The van der Waals surface area contributed by atoms with Gasteiger partial charge in [-0.1, -0.05) is 12.2 Å². The van der Waals surface area contributed by atoms with Gasteiger partial charge in [0, 0.05) is 24.0 Å². The summed E-state index contributed by atoms with van der Waals surface area (Å²) in [5, 5.41) is 91.5. The first-order valence-electron chi connectivity index (χ1n) is 21.4. The Morgan fingerprint density at radius 2 is 0.564 bits per heavy atom. The molecule has 4 aromatic rings. The number of esters is 4. The molecule has 0 fully saturated rings. The summed E-state index contributed by atoms with van der Waals surface area (Å²) in [5.41, 5.74) is -6.74. The van der Waals surface area contributed by atoms with Gasteiger partial charge in [0.1, 0.15) is 25.4 Å². The Hall–Kier alpha value is -11.1. The Morgan fingerprint density at radius 1 is 0.346 bits per heavy atom. The minimum atomic E-state index is -1.62. The van der Waals surface area contributed by atoms with Gasteiger partial charge >= 0.3 is 83.6 Å². The van der Waals surface area contributed by atoms with E-state index in [1.807, 2.05) is 0 Å². The summed E-state index contributed by atoms with van der Waals surface area (Å²) in [4.78, 5) is 163. The Labute approximate surface area is 434 Å². The minimum absolute atomic E-state index is 0.142. The van der Waals surface area contributed by atoms with Gasteiger partial charge in [0.2, 0.25) is 0 Å². The van der Waals surface area contributed by atoms with E-state index in [2.05, 4.69) is 0 Å². The van der Waals surface area contributed by atoms with Crippen LogP contribution in [0.5, 0.6) is 0 Å². The van der Waals surface area contributed by atoms with E-state index in [1.54, 1.807) is 0 Å². The van der Waals surface area contributed by atoms with Crippen molar-refractivity contribution in [3.8, 4) is 0 Å². The molecule has 0 aliphatic heterocycles. The molecule has 408 valence electrons. The highest BCUT2D eigenvalue weighted by Gasteiger charge is 2.27. The molecule has 0 aromatic heterocycles. The number of carboxylic acid groups (broad SMARTS) is 10. The van der Waals surface area contributed by atoms with Crippen LogP contribution in [-0.2, 0) is 28.5 Å². The molecule has 78 heavy (non-hydrogen) atoms. The highest BCUT2D eigenvalue weighted by atomic mass is 16.6. The zero-order valence-electron chi connectivity index (χ0n) is 39.9. The number of benzene rings is 4. The van der Waals surface area contributed by atoms with E-state index < -0.39 is 153 Å². The lowest BCUT2D eigenvalue weighted by atomic mass is 10.0. The van der Waals surface area contributed by atoms with E-state index in [0.717, 1.165) is 84.9 Å². The molecule has 2 atom stereocenters. The van der Waals surface area contributed by atoms with Crippen molar-refractivity contribution in [3.63, 3.8) is 0 Å². The second-order valence-electron chi connectivity index (χ2n) is 15.6. The number of hydrogen-bond donors (Lipinski definition) is 10. The predicted octanol–water partition coefficient (Wildman–Crippen LogP) is 4.57. The van der Waals surface area contributed by atoms with E-state index in [4.69, 9.17) is 49.6 Å². The molecular weight excluding hydrogens is 1050 g/mol. The third-order valence-electron chi connectivity index (χ3n) is 10.3. The predicted molar refractivity (Wildman–Crippen MR) is 252 cm³/mol. The van der Waals surface area contributed by atoms with Crippen LogP contribution in [0.2, 0.25) is 0 Å². The maximum Gasteiger partial charge on any atom is 0.338 e. The summed E-state index contributed by atoms with van der Waals surface area (Å²) in [7, 11) is 0. The fourth-order valence-electron chi connectivity index (χ4n) is 6.17. The monoisotopic (exact) mass is 1090 g/mol. The van der Waals surface area contributed by atoms with E-state index in [0.29, 0.717) is 0 Å². The first kappa shape index (κ1) is 61.2. The zero-order valence-corrected chi connectivity index (χ0v) is 39.9. The summed E-state index contributed by atoms with van der Waals surface area (Å²) in [5.74, 6) is -19.7. The average Bonchev–Trinajstić information content (AvgIpc) is 3.38. The van der Waals surface area contributed by atoms with Crippen molar-refractivity contribution in [1.29, 1.82) is 0 Å². The maximum atomic E-state index is 12.7. The van der Waals surface area contributed by atoms with Crippen molar-refractivity contribution < 1.29 is 137 Å². The lowest BCUT2D eigenvalue weighted by Gasteiger charge is -2.17. The van der Waals surface area contributed by atoms with Crippen molar-refractivity contribution in [2.24, 2.45) is 0 Å². The first-order valence-corrected chi connectivity index (χ1v) is 21.4.